The number of esters is 1. The number of nitrogens with one attached hydrogen (secondary N) is 2. The zero-order valence-electron chi connectivity index (χ0n) is 13.8. The summed E-state index contributed by atoms with van der Waals surface area (Å²) in [7, 11) is 0. The summed E-state index contributed by atoms with van der Waals surface area (Å²) in [6, 6.07) is 9.29. The van der Waals surface area contributed by atoms with Crippen molar-refractivity contribution in [2.45, 2.75) is 39.2 Å². The number of ether oxygens (including phenoxy) is 1. The number of benzene rings is 1. The molecule has 0 radical (unpaired) electrons. The van der Waals surface area contributed by atoms with Crippen molar-refractivity contribution in [2.24, 2.45) is 0 Å². The van der Waals surface area contributed by atoms with Crippen molar-refractivity contribution in [1.82, 2.24) is 10.6 Å². The normalized spacial score (nSPS) is 11.7. The Morgan fingerprint density at radius 3 is 2.30 bits per heavy atom. The van der Waals surface area contributed by atoms with Crippen molar-refractivity contribution in [1.29, 1.82) is 0 Å². The highest BCUT2D eigenvalue weighted by Gasteiger charge is 2.21. The van der Waals surface area contributed by atoms with E-state index in [0.29, 0.717) is 6.42 Å². The fourth-order valence-corrected chi connectivity index (χ4v) is 2.06. The number of carbonyl (C=O) groups is 3. The van der Waals surface area contributed by atoms with Crippen molar-refractivity contribution in [3.63, 3.8) is 0 Å². The van der Waals surface area contributed by atoms with Crippen LogP contribution >= 0.6 is 0 Å². The van der Waals surface area contributed by atoms with Crippen LogP contribution in [0.2, 0.25) is 0 Å². The Balaban J connectivity index is 2.40. The van der Waals surface area contributed by atoms with Crippen LogP contribution in [0.3, 0.4) is 0 Å². The van der Waals surface area contributed by atoms with E-state index in [4.69, 9.17) is 4.74 Å². The van der Waals surface area contributed by atoms with Crippen LogP contribution in [0.5, 0.6) is 0 Å². The Morgan fingerprint density at radius 2 is 1.74 bits per heavy atom. The predicted octanol–water partition coefficient (Wildman–Crippen LogP) is 1.36. The van der Waals surface area contributed by atoms with Crippen LogP contribution in [0, 0.1) is 0 Å². The number of carbonyl (C=O) groups excluding carboxylic acids is 3. The van der Waals surface area contributed by atoms with Gasteiger partial charge in [0.1, 0.15) is 0 Å². The van der Waals surface area contributed by atoms with Gasteiger partial charge in [-0.3, -0.25) is 14.4 Å². The summed E-state index contributed by atoms with van der Waals surface area (Å²) < 4.78 is 5.04. The summed E-state index contributed by atoms with van der Waals surface area (Å²) in [5.41, 5.74) is 0.858. The predicted molar refractivity (Wildman–Crippen MR) is 86.7 cm³/mol. The molecule has 0 saturated carbocycles. The standard InChI is InChI=1S/C17H24N2O4/c1-4-14(13-8-6-5-7-9-13)17(22)23-11-16(21)18-10-15(20)19-12(2)3/h5-9,12,14H,4,10-11H2,1-3H3,(H,18,21)(H,19,20)/t14-/m0/s1. The van der Waals surface area contributed by atoms with E-state index < -0.39 is 24.4 Å². The SMILES string of the molecule is CC[C@H](C(=O)OCC(=O)NCC(=O)NC(C)C)c1ccccc1. The third kappa shape index (κ3) is 6.95. The highest BCUT2D eigenvalue weighted by Crippen LogP contribution is 2.20. The molecule has 0 saturated heterocycles. The van der Waals surface area contributed by atoms with E-state index >= 15 is 0 Å². The van der Waals surface area contributed by atoms with Gasteiger partial charge in [-0.15, -0.1) is 0 Å². The quantitative estimate of drug-likeness (QED) is 0.708. The van der Waals surface area contributed by atoms with Gasteiger partial charge in [0, 0.05) is 6.04 Å². The van der Waals surface area contributed by atoms with E-state index in [-0.39, 0.29) is 18.5 Å². The molecular formula is C17H24N2O4. The number of amides is 2. The molecule has 0 aliphatic carbocycles. The first-order valence-corrected chi connectivity index (χ1v) is 7.71. The lowest BCUT2D eigenvalue weighted by molar-refractivity contribution is -0.150. The highest BCUT2D eigenvalue weighted by molar-refractivity contribution is 5.87. The molecular weight excluding hydrogens is 296 g/mol. The smallest absolute Gasteiger partial charge is 0.313 e. The molecule has 2 N–H and O–H groups in total. The second-order valence-electron chi connectivity index (χ2n) is 5.48. The first-order chi connectivity index (χ1) is 10.9. The minimum Gasteiger partial charge on any atom is -0.455 e. The van der Waals surface area contributed by atoms with Crippen molar-refractivity contribution < 1.29 is 19.1 Å². The van der Waals surface area contributed by atoms with Crippen molar-refractivity contribution in [3.8, 4) is 0 Å². The maximum Gasteiger partial charge on any atom is 0.313 e. The third-order valence-electron chi connectivity index (χ3n) is 3.14. The van der Waals surface area contributed by atoms with Gasteiger partial charge in [0.05, 0.1) is 12.5 Å². The monoisotopic (exact) mass is 320 g/mol. The van der Waals surface area contributed by atoms with E-state index in [1.54, 1.807) is 0 Å². The van der Waals surface area contributed by atoms with Gasteiger partial charge in [-0.25, -0.2) is 0 Å². The average molecular weight is 320 g/mol. The minimum absolute atomic E-state index is 0.00779. The second kappa shape index (κ2) is 9.61. The van der Waals surface area contributed by atoms with Gasteiger partial charge in [-0.2, -0.15) is 0 Å². The summed E-state index contributed by atoms with van der Waals surface area (Å²) >= 11 is 0. The molecule has 0 heterocycles. The number of hydrogen-bond acceptors (Lipinski definition) is 4. The van der Waals surface area contributed by atoms with Crippen LogP contribution in [-0.2, 0) is 19.1 Å². The topological polar surface area (TPSA) is 84.5 Å². The molecule has 1 aromatic rings. The lowest BCUT2D eigenvalue weighted by Gasteiger charge is -2.14. The zero-order valence-corrected chi connectivity index (χ0v) is 13.8. The first kappa shape index (κ1) is 18.7. The largest absolute Gasteiger partial charge is 0.455 e. The highest BCUT2D eigenvalue weighted by atomic mass is 16.5. The molecule has 0 fully saturated rings. The molecule has 23 heavy (non-hydrogen) atoms. The summed E-state index contributed by atoms with van der Waals surface area (Å²) in [5.74, 6) is -1.62. The van der Waals surface area contributed by atoms with Gasteiger partial charge < -0.3 is 15.4 Å². The van der Waals surface area contributed by atoms with E-state index in [0.717, 1.165) is 5.56 Å². The van der Waals surface area contributed by atoms with Gasteiger partial charge in [-0.1, -0.05) is 37.3 Å². The summed E-state index contributed by atoms with van der Waals surface area (Å²) in [6.45, 7) is 5.02. The molecule has 0 bridgehead atoms. The van der Waals surface area contributed by atoms with Crippen LogP contribution in [0.4, 0.5) is 0 Å². The molecule has 126 valence electrons. The Hall–Kier alpha value is -2.37. The van der Waals surface area contributed by atoms with Gasteiger partial charge in [-0.05, 0) is 25.8 Å². The van der Waals surface area contributed by atoms with Gasteiger partial charge in [0.15, 0.2) is 6.61 Å². The molecule has 1 atom stereocenters. The molecule has 0 aromatic heterocycles. The molecule has 6 nitrogen and oxygen atoms in total. The van der Waals surface area contributed by atoms with Crippen LogP contribution in [0.1, 0.15) is 38.7 Å². The lowest BCUT2D eigenvalue weighted by atomic mass is 9.97. The third-order valence-corrected chi connectivity index (χ3v) is 3.14. The second-order valence-corrected chi connectivity index (χ2v) is 5.48. The van der Waals surface area contributed by atoms with Crippen LogP contribution in [0.25, 0.3) is 0 Å². The molecule has 1 aromatic carbocycles. The molecule has 0 spiro atoms. The van der Waals surface area contributed by atoms with Gasteiger partial charge in [0.2, 0.25) is 5.91 Å². The molecule has 2 amide bonds. The van der Waals surface area contributed by atoms with E-state index in [9.17, 15) is 14.4 Å². The van der Waals surface area contributed by atoms with Crippen LogP contribution in [0.15, 0.2) is 30.3 Å². The van der Waals surface area contributed by atoms with Crippen LogP contribution < -0.4 is 10.6 Å². The van der Waals surface area contributed by atoms with Crippen molar-refractivity contribution >= 4 is 17.8 Å². The van der Waals surface area contributed by atoms with Gasteiger partial charge >= 0.3 is 5.97 Å². The minimum atomic E-state index is -0.500. The summed E-state index contributed by atoms with van der Waals surface area (Å²) in [4.78, 5) is 35.1. The molecule has 0 unspecified atom stereocenters. The van der Waals surface area contributed by atoms with E-state index in [1.807, 2.05) is 51.1 Å². The average Bonchev–Trinajstić information content (AvgIpc) is 2.52. The fourth-order valence-electron chi connectivity index (χ4n) is 2.06. The van der Waals surface area contributed by atoms with Gasteiger partial charge in [0.25, 0.3) is 5.91 Å². The maximum absolute atomic E-state index is 12.1. The van der Waals surface area contributed by atoms with Crippen molar-refractivity contribution in [2.75, 3.05) is 13.2 Å². The maximum atomic E-state index is 12.1. The Kier molecular flexibility index (Phi) is 7.80. The zero-order chi connectivity index (χ0) is 17.2. The summed E-state index contributed by atoms with van der Waals surface area (Å²) in [6.07, 6.45) is 0.585. The number of hydrogen-bond donors (Lipinski definition) is 2. The molecule has 0 aliphatic rings. The van der Waals surface area contributed by atoms with Crippen LogP contribution in [-0.4, -0.2) is 37.0 Å². The van der Waals surface area contributed by atoms with Crippen molar-refractivity contribution in [3.05, 3.63) is 35.9 Å². The molecule has 6 heteroatoms. The molecule has 1 rings (SSSR count). The fraction of sp³-hybridized carbons (Fsp3) is 0.471. The van der Waals surface area contributed by atoms with E-state index in [2.05, 4.69) is 10.6 Å². The Labute approximate surface area is 136 Å². The molecule has 0 aliphatic heterocycles. The lowest BCUT2D eigenvalue weighted by Crippen LogP contribution is -2.41. The Bertz CT molecular complexity index is 529. The van der Waals surface area contributed by atoms with E-state index in [1.165, 1.54) is 0 Å². The summed E-state index contributed by atoms with van der Waals surface area (Å²) in [5, 5.41) is 5.06. The number of rotatable bonds is 8. The Morgan fingerprint density at radius 1 is 1.09 bits per heavy atom. The first-order valence-electron chi connectivity index (χ1n) is 7.71.